The maximum absolute atomic E-state index is 12.5. The van der Waals surface area contributed by atoms with Crippen molar-refractivity contribution < 1.29 is 84.2 Å². The average Bonchev–Trinajstić information content (AvgIpc) is 3.84. The molecule has 65 heavy (non-hydrogen) atoms. The van der Waals surface area contributed by atoms with E-state index in [-0.39, 0.29) is 46.0 Å². The van der Waals surface area contributed by atoms with Gasteiger partial charge < -0.3 is 84.2 Å². The van der Waals surface area contributed by atoms with E-state index in [4.69, 9.17) is 33.2 Å². The highest BCUT2D eigenvalue weighted by Crippen LogP contribution is 2.76. The summed E-state index contributed by atoms with van der Waals surface area (Å²) in [5, 5.41) is 110. The van der Waals surface area contributed by atoms with Crippen molar-refractivity contribution in [2.45, 2.75) is 249 Å². The molecule has 17 nitrogen and oxygen atoms in total. The van der Waals surface area contributed by atoms with Crippen LogP contribution in [-0.2, 0) is 33.2 Å². The second-order valence-electron chi connectivity index (χ2n) is 23.8. The zero-order valence-electron chi connectivity index (χ0n) is 40.1. The van der Waals surface area contributed by atoms with Crippen LogP contribution in [-0.4, -0.2) is 179 Å². The molecule has 10 N–H and O–H groups in total. The standard InChI is InChI=1S/C48H82O17/c1-21-31(51)34(54)36(56)40(59-21)63-38-33(53)25(20-49)61-42(39(38)64-41-37(57)35(55)32(52)22(2)60-41)62-28-13-15-45(7)26(43(28,3)4)12-17-46(8)27(45)19-24(50)30-23(11-16-47(30,46)9)48(10)18-14-29(65-48)44(5,6)58/h21-42,49-58H,11-20H2,1-10H3/t21-,22-,23-,24+,25+,26+,27+,28-,29+,30-,31-,32-,33+,34+,35+,36+,37+,38-,39+,40-,41-,42-,45-,46+,47+,48-/m0/s1. The monoisotopic (exact) mass is 931 g/mol. The van der Waals surface area contributed by atoms with Gasteiger partial charge in [-0.25, -0.2) is 0 Å². The van der Waals surface area contributed by atoms with Gasteiger partial charge in [-0.3, -0.25) is 0 Å². The van der Waals surface area contributed by atoms with Crippen LogP contribution in [0.3, 0.4) is 0 Å². The Balaban J connectivity index is 1.06. The van der Waals surface area contributed by atoms with Crippen molar-refractivity contribution >= 4 is 0 Å². The molecule has 0 radical (unpaired) electrons. The number of hydrogen-bond donors (Lipinski definition) is 10. The van der Waals surface area contributed by atoms with Gasteiger partial charge in [0, 0.05) is 0 Å². The molecule has 4 saturated carbocycles. The highest BCUT2D eigenvalue weighted by Gasteiger charge is 2.72. The van der Waals surface area contributed by atoms with E-state index in [1.165, 1.54) is 13.8 Å². The van der Waals surface area contributed by atoms with Crippen LogP contribution in [0.15, 0.2) is 0 Å². The summed E-state index contributed by atoms with van der Waals surface area (Å²) >= 11 is 0. The number of aliphatic hydroxyl groups is 10. The van der Waals surface area contributed by atoms with Gasteiger partial charge in [-0.15, -0.1) is 0 Å². The van der Waals surface area contributed by atoms with E-state index in [1.807, 2.05) is 13.8 Å². The lowest BCUT2D eigenvalue weighted by molar-refractivity contribution is -0.397. The molecule has 0 unspecified atom stereocenters. The molecular formula is C48H82O17. The second kappa shape index (κ2) is 17.6. The lowest BCUT2D eigenvalue weighted by atomic mass is 9.35. The Morgan fingerprint density at radius 1 is 0.585 bits per heavy atom. The van der Waals surface area contributed by atoms with Gasteiger partial charge in [-0.05, 0) is 138 Å². The van der Waals surface area contributed by atoms with Crippen molar-refractivity contribution in [1.82, 2.24) is 0 Å². The largest absolute Gasteiger partial charge is 0.394 e. The minimum Gasteiger partial charge on any atom is -0.394 e. The summed E-state index contributed by atoms with van der Waals surface area (Å²) in [4.78, 5) is 0. The Labute approximate surface area is 384 Å². The molecule has 4 heterocycles. The fourth-order valence-corrected chi connectivity index (χ4v) is 15.5. The van der Waals surface area contributed by atoms with Crippen LogP contribution in [0.5, 0.6) is 0 Å². The molecule has 0 spiro atoms. The van der Waals surface area contributed by atoms with Gasteiger partial charge in [0.2, 0.25) is 0 Å². The molecule has 0 bridgehead atoms. The molecule has 4 aliphatic heterocycles. The predicted molar refractivity (Wildman–Crippen MR) is 230 cm³/mol. The van der Waals surface area contributed by atoms with Gasteiger partial charge in [0.1, 0.15) is 61.0 Å². The van der Waals surface area contributed by atoms with Crippen molar-refractivity contribution in [3.8, 4) is 0 Å². The van der Waals surface area contributed by atoms with Crippen LogP contribution < -0.4 is 0 Å². The quantitative estimate of drug-likeness (QED) is 0.146. The molecule has 0 aromatic heterocycles. The van der Waals surface area contributed by atoms with E-state index >= 15 is 0 Å². The van der Waals surface area contributed by atoms with Crippen LogP contribution in [0.1, 0.15) is 127 Å². The van der Waals surface area contributed by atoms with Crippen LogP contribution in [0.25, 0.3) is 0 Å². The smallest absolute Gasteiger partial charge is 0.187 e. The molecule has 4 saturated heterocycles. The molecule has 8 rings (SSSR count). The normalized spacial score (nSPS) is 57.0. The minimum absolute atomic E-state index is 0.0585. The van der Waals surface area contributed by atoms with Crippen molar-refractivity contribution in [3.05, 3.63) is 0 Å². The molecule has 17 heteroatoms. The van der Waals surface area contributed by atoms with Gasteiger partial charge in [0.05, 0.1) is 48.3 Å². The van der Waals surface area contributed by atoms with Gasteiger partial charge in [-0.2, -0.15) is 0 Å². The maximum atomic E-state index is 12.5. The molecule has 4 aliphatic carbocycles. The molecule has 376 valence electrons. The lowest BCUT2D eigenvalue weighted by Crippen LogP contribution is -2.68. The van der Waals surface area contributed by atoms with Gasteiger partial charge in [0.15, 0.2) is 18.9 Å². The van der Waals surface area contributed by atoms with E-state index in [2.05, 4.69) is 41.5 Å². The number of aliphatic hydroxyl groups excluding tert-OH is 9. The van der Waals surface area contributed by atoms with E-state index in [9.17, 15) is 51.1 Å². The number of rotatable bonds is 9. The van der Waals surface area contributed by atoms with Crippen molar-refractivity contribution in [3.63, 3.8) is 0 Å². The van der Waals surface area contributed by atoms with Gasteiger partial charge in [0.25, 0.3) is 0 Å². The Morgan fingerprint density at radius 3 is 1.71 bits per heavy atom. The topological polar surface area (TPSA) is 267 Å². The molecular weight excluding hydrogens is 849 g/mol. The minimum atomic E-state index is -1.76. The van der Waals surface area contributed by atoms with Gasteiger partial charge in [-0.1, -0.05) is 34.6 Å². The Bertz CT molecular complexity index is 1680. The van der Waals surface area contributed by atoms with Gasteiger partial charge >= 0.3 is 0 Å². The fraction of sp³-hybridized carbons (Fsp3) is 1.00. The summed E-state index contributed by atoms with van der Waals surface area (Å²) in [6.45, 7) is 19.8. The average molecular weight is 931 g/mol. The van der Waals surface area contributed by atoms with Crippen LogP contribution >= 0.6 is 0 Å². The predicted octanol–water partition coefficient (Wildman–Crippen LogP) is 1.24. The van der Waals surface area contributed by atoms with E-state index in [1.54, 1.807) is 0 Å². The SMILES string of the molecule is C[C@@H]1O[C@@H](O[C@H]2[C@H](O[C@H]3CC[C@@]4(C)[C@H](CC[C@]5(C)[C@@H]4C[C@@H](O)[C@@H]4[C@@H]([C@]6(C)CC[C@H](C(C)(C)O)O6)CC[C@]45C)C3(C)C)O[C@H](CO)[C@@H](O)[C@@H]2O[C@@H]2O[C@@H](C)[C@H](O)[C@@H](O)[C@H]2O)[C@H](O)[C@H](O)[C@H]1O. The van der Waals surface area contributed by atoms with Crippen LogP contribution in [0.4, 0.5) is 0 Å². The van der Waals surface area contributed by atoms with E-state index in [0.717, 1.165) is 44.9 Å². The zero-order chi connectivity index (χ0) is 47.7. The van der Waals surface area contributed by atoms with Crippen molar-refractivity contribution in [2.24, 2.45) is 45.3 Å². The zero-order valence-corrected chi connectivity index (χ0v) is 40.1. The maximum Gasteiger partial charge on any atom is 0.187 e. The van der Waals surface area contributed by atoms with Crippen LogP contribution in [0, 0.1) is 45.3 Å². The summed E-state index contributed by atoms with van der Waals surface area (Å²) in [7, 11) is 0. The molecule has 0 aromatic carbocycles. The number of hydrogen-bond acceptors (Lipinski definition) is 17. The van der Waals surface area contributed by atoms with Crippen molar-refractivity contribution in [1.29, 1.82) is 0 Å². The summed E-state index contributed by atoms with van der Waals surface area (Å²) in [5.41, 5.74) is -2.29. The summed E-state index contributed by atoms with van der Waals surface area (Å²) in [6, 6.07) is 0. The first-order valence-corrected chi connectivity index (χ1v) is 24.5. The van der Waals surface area contributed by atoms with E-state index < -0.39 is 128 Å². The molecule has 26 atom stereocenters. The second-order valence-corrected chi connectivity index (χ2v) is 23.8. The van der Waals surface area contributed by atoms with E-state index in [0.29, 0.717) is 12.8 Å². The molecule has 0 amide bonds. The Kier molecular flexibility index (Phi) is 13.7. The molecule has 0 aromatic rings. The third-order valence-electron chi connectivity index (χ3n) is 19.5. The Morgan fingerprint density at radius 2 is 1.15 bits per heavy atom. The third kappa shape index (κ3) is 8.11. The highest BCUT2D eigenvalue weighted by atomic mass is 16.8. The first-order chi connectivity index (χ1) is 30.1. The fourth-order valence-electron chi connectivity index (χ4n) is 15.5. The third-order valence-corrected chi connectivity index (χ3v) is 19.5. The first kappa shape index (κ1) is 50.7. The summed E-state index contributed by atoms with van der Waals surface area (Å²) in [5.74, 6) is 0.562. The summed E-state index contributed by atoms with van der Waals surface area (Å²) in [6.07, 6.45) is -16.0. The number of fused-ring (bicyclic) bond motifs is 5. The van der Waals surface area contributed by atoms with Crippen LogP contribution in [0.2, 0.25) is 0 Å². The Hall–Kier alpha value is -0.680. The number of ether oxygens (including phenoxy) is 7. The first-order valence-electron chi connectivity index (χ1n) is 24.5. The lowest BCUT2D eigenvalue weighted by Gasteiger charge is -2.71. The summed E-state index contributed by atoms with van der Waals surface area (Å²) < 4.78 is 44.3. The highest BCUT2D eigenvalue weighted by molar-refractivity contribution is 5.21. The van der Waals surface area contributed by atoms with Crippen molar-refractivity contribution in [2.75, 3.05) is 6.61 Å². The molecule has 8 aliphatic rings. The molecule has 8 fully saturated rings.